The number of fused-ring (bicyclic) bond motifs is 3. The lowest BCUT2D eigenvalue weighted by Gasteiger charge is -2.36. The van der Waals surface area contributed by atoms with Gasteiger partial charge in [-0.2, -0.15) is 0 Å². The number of aliphatic carboxylic acids is 1. The van der Waals surface area contributed by atoms with Crippen molar-refractivity contribution >= 4 is 92.5 Å². The normalized spacial score (nSPS) is 13.4. The molecule has 2 aromatic heterocycles. The van der Waals surface area contributed by atoms with E-state index in [-0.39, 0.29) is 110 Å². The molecule has 1 aliphatic rings. The number of carbonyl (C=O) groups excluding carboxylic acids is 7. The van der Waals surface area contributed by atoms with Crippen LogP contribution < -0.4 is 48.7 Å². The second-order valence-corrected chi connectivity index (χ2v) is 17.6. The third-order valence-electron chi connectivity index (χ3n) is 10.9. The van der Waals surface area contributed by atoms with Gasteiger partial charge in [0.1, 0.15) is 28.7 Å². The van der Waals surface area contributed by atoms with Crippen molar-refractivity contribution in [2.75, 3.05) is 128 Å². The summed E-state index contributed by atoms with van der Waals surface area (Å²) in [6.45, 7) is 5.39. The number of anilines is 2. The molecule has 398 valence electrons. The number of ether oxygens (including phenoxy) is 4. The van der Waals surface area contributed by atoms with Crippen LogP contribution in [0, 0.1) is 0 Å². The average molecular weight is 1030 g/mol. The van der Waals surface area contributed by atoms with Crippen molar-refractivity contribution in [3.63, 3.8) is 0 Å². The van der Waals surface area contributed by atoms with Crippen molar-refractivity contribution < 1.29 is 62.4 Å². The molecule has 3 aromatic rings. The number of pyridine rings is 1. The number of H-pyrrole nitrogens is 1. The molecule has 1 saturated heterocycles. The highest BCUT2D eigenvalue weighted by atomic mass is 32.2. The largest absolute Gasteiger partial charge is 0.481 e. The molecular formula is C45H69N13O13S. The highest BCUT2D eigenvalue weighted by Crippen LogP contribution is 2.30. The smallest absolute Gasteiger partial charge is 0.305 e. The first-order chi connectivity index (χ1) is 34.7. The van der Waals surface area contributed by atoms with Crippen molar-refractivity contribution in [2.24, 2.45) is 11.5 Å². The van der Waals surface area contributed by atoms with Gasteiger partial charge in [-0.15, -0.1) is 11.8 Å². The van der Waals surface area contributed by atoms with Gasteiger partial charge in [0.15, 0.2) is 0 Å². The monoisotopic (exact) mass is 1030 g/mol. The van der Waals surface area contributed by atoms with Crippen molar-refractivity contribution in [2.45, 2.75) is 56.7 Å². The van der Waals surface area contributed by atoms with Gasteiger partial charge >= 0.3 is 5.97 Å². The maximum absolute atomic E-state index is 13.2. The van der Waals surface area contributed by atoms with Crippen LogP contribution in [0.3, 0.4) is 0 Å². The summed E-state index contributed by atoms with van der Waals surface area (Å²) < 4.78 is 21.6. The molecule has 0 saturated carbocycles. The minimum Gasteiger partial charge on any atom is -0.481 e. The van der Waals surface area contributed by atoms with Gasteiger partial charge in [-0.05, 0) is 24.6 Å². The quantitative estimate of drug-likeness (QED) is 0.0272. The fraction of sp³-hybridized carbons (Fsp3) is 0.600. The average Bonchev–Trinajstić information content (AvgIpc) is 3.81. The molecular weight excluding hydrogens is 963 g/mol. The van der Waals surface area contributed by atoms with Crippen molar-refractivity contribution in [1.82, 2.24) is 46.4 Å². The lowest BCUT2D eigenvalue weighted by atomic mass is 10.1. The molecule has 4 rings (SSSR count). The molecule has 72 heavy (non-hydrogen) atoms. The van der Waals surface area contributed by atoms with Crippen molar-refractivity contribution in [3.05, 3.63) is 24.0 Å². The van der Waals surface area contributed by atoms with E-state index in [9.17, 15) is 43.5 Å². The van der Waals surface area contributed by atoms with E-state index in [0.717, 1.165) is 64.5 Å². The molecule has 27 heteroatoms. The molecule has 2 atom stereocenters. The van der Waals surface area contributed by atoms with Crippen molar-refractivity contribution in [1.29, 1.82) is 0 Å². The number of nitrogens with two attached hydrogens (primary N) is 3. The summed E-state index contributed by atoms with van der Waals surface area (Å²) in [7, 11) is 0. The number of carboxylic acid groups (broad SMARTS) is 1. The van der Waals surface area contributed by atoms with Gasteiger partial charge < -0.3 is 82.6 Å². The Balaban J connectivity index is 1.04. The summed E-state index contributed by atoms with van der Waals surface area (Å²) in [5, 5.41) is 21.6. The molecule has 2 unspecified atom stereocenters. The Hall–Kier alpha value is -6.39. The summed E-state index contributed by atoms with van der Waals surface area (Å²) in [5.41, 5.74) is 20.1. The number of imidazole rings is 1. The summed E-state index contributed by atoms with van der Waals surface area (Å²) in [6, 6.07) is 4.76. The van der Waals surface area contributed by atoms with Gasteiger partial charge in [-0.25, -0.2) is 9.97 Å². The maximum Gasteiger partial charge on any atom is 0.305 e. The second-order valence-electron chi connectivity index (χ2n) is 16.4. The number of carbonyl (C=O) groups is 8. The Morgan fingerprint density at radius 1 is 0.792 bits per heavy atom. The van der Waals surface area contributed by atoms with E-state index in [1.165, 1.54) is 0 Å². The first-order valence-electron chi connectivity index (χ1n) is 23.8. The highest BCUT2D eigenvalue weighted by Gasteiger charge is 2.28. The standard InChI is InChI=1S/C45H69N13O13S/c1-2-3-4-34-55-41-30-23-29(5-6-31(30)54-43(47)42(41)56-34)57-11-13-58(14-12-57)39(63)7-9-50-45(67)33(24-40(64)65)72-28-32(44(48)66)53-35(59)8-15-68-17-19-70-21-22-71-20-18-69-16-10-49-37(61)26-52-38(62)27-51-36(60)25-46/h5-6,23,32-33H,2-4,7-22,24-28,46H2,1H3,(H2,47,54)(H2,48,66)(H,49,61)(H,50,67)(H,51,60)(H,52,62)(H,53,59)(H,55,56)(H,64,65). The Morgan fingerprint density at radius 3 is 2.07 bits per heavy atom. The zero-order valence-corrected chi connectivity index (χ0v) is 41.4. The van der Waals surface area contributed by atoms with Gasteiger partial charge in [0.2, 0.25) is 41.4 Å². The summed E-state index contributed by atoms with van der Waals surface area (Å²) >= 11 is 0.856. The Kier molecular flexibility index (Phi) is 25.7. The number of nitrogen functional groups attached to an aromatic ring is 1. The number of rotatable bonds is 35. The number of nitrogens with one attached hydrogen (secondary N) is 6. The number of nitrogens with zero attached hydrogens (tertiary/aromatic N) is 4. The zero-order valence-electron chi connectivity index (χ0n) is 40.6. The third-order valence-corrected chi connectivity index (χ3v) is 12.2. The molecule has 3 heterocycles. The summed E-state index contributed by atoms with van der Waals surface area (Å²) in [5.74, 6) is -3.78. The summed E-state index contributed by atoms with van der Waals surface area (Å²) in [4.78, 5) is 114. The molecule has 7 amide bonds. The zero-order chi connectivity index (χ0) is 52.3. The van der Waals surface area contributed by atoms with E-state index < -0.39 is 59.1 Å². The fourth-order valence-electron chi connectivity index (χ4n) is 7.04. The van der Waals surface area contributed by atoms with Crippen LogP contribution in [0.15, 0.2) is 18.2 Å². The minimum atomic E-state index is -1.25. The lowest BCUT2D eigenvalue weighted by molar-refractivity contribution is -0.138. The highest BCUT2D eigenvalue weighted by molar-refractivity contribution is 8.00. The van der Waals surface area contributed by atoms with E-state index in [4.69, 9.17) is 41.1 Å². The van der Waals surface area contributed by atoms with Crippen LogP contribution in [0.2, 0.25) is 0 Å². The predicted molar refractivity (Wildman–Crippen MR) is 266 cm³/mol. The number of aromatic nitrogens is 3. The fourth-order valence-corrected chi connectivity index (χ4v) is 8.21. The van der Waals surface area contributed by atoms with E-state index in [1.807, 2.05) is 12.1 Å². The van der Waals surface area contributed by atoms with Gasteiger partial charge in [0.25, 0.3) is 0 Å². The van der Waals surface area contributed by atoms with Crippen LogP contribution in [-0.4, -0.2) is 201 Å². The first-order valence-corrected chi connectivity index (χ1v) is 24.8. The van der Waals surface area contributed by atoms with Gasteiger partial charge in [0.05, 0.1) is 89.7 Å². The predicted octanol–water partition coefficient (Wildman–Crippen LogP) is -2.50. The van der Waals surface area contributed by atoms with Crippen molar-refractivity contribution in [3.8, 4) is 0 Å². The second kappa shape index (κ2) is 31.8. The molecule has 0 aliphatic carbocycles. The molecule has 1 aromatic carbocycles. The molecule has 1 fully saturated rings. The lowest BCUT2D eigenvalue weighted by Crippen LogP contribution is -2.49. The number of hydrogen-bond acceptors (Lipinski definition) is 18. The number of hydrogen-bond donors (Lipinski definition) is 10. The number of aryl methyl sites for hydroxylation is 1. The van der Waals surface area contributed by atoms with Crippen LogP contribution in [0.4, 0.5) is 11.5 Å². The molecule has 0 radical (unpaired) electrons. The van der Waals surface area contributed by atoms with E-state index >= 15 is 0 Å². The topological polar surface area (TPSA) is 380 Å². The number of amides is 7. The molecule has 26 nitrogen and oxygen atoms in total. The third kappa shape index (κ3) is 20.8. The van der Waals surface area contributed by atoms with Crippen LogP contribution in [0.25, 0.3) is 21.9 Å². The number of unbranched alkanes of at least 4 members (excludes halogenated alkanes) is 1. The van der Waals surface area contributed by atoms with E-state index in [2.05, 4.69) is 54.4 Å². The number of benzene rings is 1. The number of aromatic amines is 1. The minimum absolute atomic E-state index is 0.00239. The molecule has 1 aliphatic heterocycles. The Labute approximate surface area is 420 Å². The summed E-state index contributed by atoms with van der Waals surface area (Å²) in [6.07, 6.45) is 2.19. The first kappa shape index (κ1) is 58.2. The Morgan fingerprint density at radius 2 is 1.43 bits per heavy atom. The van der Waals surface area contributed by atoms with Crippen LogP contribution in [0.1, 0.15) is 44.9 Å². The number of piperazine rings is 1. The number of carboxylic acids is 1. The van der Waals surface area contributed by atoms with Gasteiger partial charge in [-0.1, -0.05) is 13.3 Å². The molecule has 13 N–H and O–H groups in total. The van der Waals surface area contributed by atoms with Crippen LogP contribution in [-0.2, 0) is 63.7 Å². The van der Waals surface area contributed by atoms with Crippen LogP contribution in [0.5, 0.6) is 0 Å². The van der Waals surface area contributed by atoms with Gasteiger partial charge in [-0.3, -0.25) is 38.4 Å². The number of thioether (sulfide) groups is 1. The number of primary amides is 1. The van der Waals surface area contributed by atoms with E-state index in [0.29, 0.717) is 32.0 Å². The Bertz CT molecular complexity index is 2280. The maximum atomic E-state index is 13.2. The van der Waals surface area contributed by atoms with Gasteiger partial charge in [0, 0.05) is 75.4 Å². The van der Waals surface area contributed by atoms with Crippen LogP contribution >= 0.6 is 11.8 Å². The SMILES string of the molecule is CCCCc1nc2c([nH]1)c(N)nc1ccc(N3CCN(C(=O)CCNC(=O)C(CC(=O)O)SCC(NC(=O)CCOCCOCCOCCOCCNC(=O)CNC(=O)CNC(=O)CN)C(N)=O)CC3)cc12. The molecule has 0 bridgehead atoms. The van der Waals surface area contributed by atoms with E-state index in [1.54, 1.807) is 4.90 Å². The molecule has 0 spiro atoms.